The van der Waals surface area contributed by atoms with Gasteiger partial charge in [0.25, 0.3) is 5.92 Å². The number of benzene rings is 2. The maximum absolute atomic E-state index is 14.4. The third-order valence-corrected chi connectivity index (χ3v) is 5.19. The van der Waals surface area contributed by atoms with Crippen LogP contribution in [-0.2, 0) is 30.2 Å². The molecule has 168 valence electrons. The number of rotatable bonds is 7. The van der Waals surface area contributed by atoms with Gasteiger partial charge >= 0.3 is 5.97 Å². The molecule has 0 saturated carbocycles. The fourth-order valence-corrected chi connectivity index (χ4v) is 3.70. The van der Waals surface area contributed by atoms with Gasteiger partial charge in [-0.05, 0) is 38.0 Å². The molecule has 0 saturated heterocycles. The Balaban J connectivity index is 1.86. The highest BCUT2D eigenvalue weighted by atomic mass is 19.3. The molecule has 0 aliphatic carbocycles. The van der Waals surface area contributed by atoms with Crippen molar-refractivity contribution in [2.24, 2.45) is 5.92 Å². The van der Waals surface area contributed by atoms with Gasteiger partial charge in [0, 0.05) is 30.0 Å². The third kappa shape index (κ3) is 4.94. The van der Waals surface area contributed by atoms with E-state index in [9.17, 15) is 22.4 Å². The highest BCUT2D eigenvalue weighted by Crippen LogP contribution is 2.44. The Hall–Kier alpha value is -2.77. The first-order valence-corrected chi connectivity index (χ1v) is 9.84. The number of ether oxygens (including phenoxy) is 2. The van der Waals surface area contributed by atoms with Crippen LogP contribution >= 0.6 is 0 Å². The zero-order valence-electron chi connectivity index (χ0n) is 17.7. The number of carbonyl (C=O) groups is 1. The van der Waals surface area contributed by atoms with Crippen LogP contribution < -0.4 is 9.47 Å². The summed E-state index contributed by atoms with van der Waals surface area (Å²) in [6.07, 6.45) is 0.237. The predicted molar refractivity (Wildman–Crippen MR) is 106 cm³/mol. The minimum Gasteiger partial charge on any atom is -0.487 e. The predicted octanol–water partition coefficient (Wildman–Crippen LogP) is 5.63. The van der Waals surface area contributed by atoms with E-state index in [4.69, 9.17) is 14.6 Å². The highest BCUT2D eigenvalue weighted by molar-refractivity contribution is 5.69. The lowest BCUT2D eigenvalue weighted by atomic mass is 9.93. The molecule has 2 aromatic rings. The topological polar surface area (TPSA) is 55.8 Å². The maximum Gasteiger partial charge on any atom is 0.306 e. The van der Waals surface area contributed by atoms with Crippen molar-refractivity contribution in [1.29, 1.82) is 0 Å². The second-order valence-corrected chi connectivity index (χ2v) is 8.63. The number of halogens is 4. The molecule has 0 aromatic heterocycles. The highest BCUT2D eigenvalue weighted by Gasteiger charge is 2.39. The molecule has 0 bridgehead atoms. The molecule has 4 nitrogen and oxygen atoms in total. The molecular weight excluding hydrogens is 416 g/mol. The van der Waals surface area contributed by atoms with Crippen LogP contribution in [0.4, 0.5) is 17.6 Å². The van der Waals surface area contributed by atoms with Gasteiger partial charge in [0.1, 0.15) is 18.0 Å². The Labute approximate surface area is 177 Å². The van der Waals surface area contributed by atoms with E-state index in [-0.39, 0.29) is 36.3 Å². The minimum absolute atomic E-state index is 0.0351. The van der Waals surface area contributed by atoms with Gasteiger partial charge in [-0.1, -0.05) is 19.1 Å². The average molecular weight is 440 g/mol. The molecule has 0 radical (unpaired) electrons. The van der Waals surface area contributed by atoms with Crippen molar-refractivity contribution in [1.82, 2.24) is 0 Å². The smallest absolute Gasteiger partial charge is 0.306 e. The summed E-state index contributed by atoms with van der Waals surface area (Å²) in [4.78, 5) is 11.0. The molecule has 3 rings (SSSR count). The Morgan fingerprint density at radius 2 is 1.87 bits per heavy atom. The lowest BCUT2D eigenvalue weighted by Gasteiger charge is -2.19. The molecule has 0 amide bonds. The lowest BCUT2D eigenvalue weighted by Crippen LogP contribution is -2.25. The largest absolute Gasteiger partial charge is 0.487 e. The summed E-state index contributed by atoms with van der Waals surface area (Å²) in [6.45, 7) is 5.50. The van der Waals surface area contributed by atoms with E-state index in [2.05, 4.69) is 0 Å². The zero-order chi connectivity index (χ0) is 23.1. The molecule has 31 heavy (non-hydrogen) atoms. The van der Waals surface area contributed by atoms with Gasteiger partial charge < -0.3 is 14.6 Å². The summed E-state index contributed by atoms with van der Waals surface area (Å²) >= 11 is 0. The molecule has 0 fully saturated rings. The fraction of sp³-hybridized carbons (Fsp3) is 0.435. The lowest BCUT2D eigenvalue weighted by molar-refractivity contribution is -0.141. The SMILES string of the molecule is CC(Cc1cc(F)c(OCc2ccc(C(C)(F)F)c3c2OC(C)(C)C3)c(F)c1)C(=O)O. The standard InChI is InChI=1S/C23H24F4O4/c1-12(21(28)29)7-13-8-17(24)20(18(25)9-13)30-11-14-5-6-16(23(4,26)27)15-10-22(2,3)31-19(14)15/h5-6,8-9,12H,7,10-11H2,1-4H3,(H,28,29). The Morgan fingerprint density at radius 3 is 2.42 bits per heavy atom. The molecule has 1 heterocycles. The van der Waals surface area contributed by atoms with Crippen molar-refractivity contribution >= 4 is 5.97 Å². The summed E-state index contributed by atoms with van der Waals surface area (Å²) in [5.41, 5.74) is 0.106. The molecule has 0 spiro atoms. The molecular formula is C23H24F4O4. The van der Waals surface area contributed by atoms with Crippen molar-refractivity contribution in [3.8, 4) is 11.5 Å². The average Bonchev–Trinajstić information content (AvgIpc) is 2.94. The molecule has 1 aliphatic heterocycles. The second kappa shape index (κ2) is 8.05. The van der Waals surface area contributed by atoms with Crippen LogP contribution in [0.15, 0.2) is 24.3 Å². The normalized spacial score (nSPS) is 15.9. The number of carboxylic acid groups (broad SMARTS) is 1. The van der Waals surface area contributed by atoms with Crippen LogP contribution in [-0.4, -0.2) is 16.7 Å². The van der Waals surface area contributed by atoms with Crippen molar-refractivity contribution < 1.29 is 36.9 Å². The van der Waals surface area contributed by atoms with Crippen LogP contribution in [0.5, 0.6) is 11.5 Å². The molecule has 1 aliphatic rings. The molecule has 1 atom stereocenters. The van der Waals surface area contributed by atoms with Gasteiger partial charge in [-0.3, -0.25) is 4.79 Å². The second-order valence-electron chi connectivity index (χ2n) is 8.63. The van der Waals surface area contributed by atoms with Gasteiger partial charge in [0.2, 0.25) is 0 Å². The van der Waals surface area contributed by atoms with E-state index in [1.54, 1.807) is 13.8 Å². The van der Waals surface area contributed by atoms with Gasteiger partial charge in [0.05, 0.1) is 5.92 Å². The van der Waals surface area contributed by atoms with E-state index < -0.39 is 40.8 Å². The zero-order valence-corrected chi connectivity index (χ0v) is 17.7. The molecule has 2 aromatic carbocycles. The Kier molecular flexibility index (Phi) is 5.95. The number of aliphatic carboxylic acids is 1. The van der Waals surface area contributed by atoms with E-state index in [0.717, 1.165) is 19.1 Å². The van der Waals surface area contributed by atoms with E-state index in [0.29, 0.717) is 11.1 Å². The molecule has 8 heteroatoms. The van der Waals surface area contributed by atoms with Crippen LogP contribution in [0.25, 0.3) is 0 Å². The Bertz CT molecular complexity index is 988. The van der Waals surface area contributed by atoms with Crippen LogP contribution in [0.3, 0.4) is 0 Å². The monoisotopic (exact) mass is 440 g/mol. The maximum atomic E-state index is 14.4. The number of hydrogen-bond acceptors (Lipinski definition) is 3. The summed E-state index contributed by atoms with van der Waals surface area (Å²) in [5.74, 6) is -7.25. The van der Waals surface area contributed by atoms with E-state index in [1.807, 2.05) is 0 Å². The summed E-state index contributed by atoms with van der Waals surface area (Å²) in [5, 5.41) is 8.96. The van der Waals surface area contributed by atoms with Crippen LogP contribution in [0.1, 0.15) is 49.9 Å². The van der Waals surface area contributed by atoms with Gasteiger partial charge in [-0.2, -0.15) is 0 Å². The first-order chi connectivity index (χ1) is 14.3. The first-order valence-electron chi connectivity index (χ1n) is 9.84. The van der Waals surface area contributed by atoms with Crippen molar-refractivity contribution in [2.45, 2.75) is 58.7 Å². The molecule has 1 unspecified atom stereocenters. The number of alkyl halides is 2. The van der Waals surface area contributed by atoms with Crippen LogP contribution in [0.2, 0.25) is 0 Å². The van der Waals surface area contributed by atoms with Crippen LogP contribution in [0, 0.1) is 17.6 Å². The van der Waals surface area contributed by atoms with E-state index >= 15 is 0 Å². The molecule has 1 N–H and O–H groups in total. The quantitative estimate of drug-likeness (QED) is 0.567. The number of fused-ring (bicyclic) bond motifs is 1. The summed E-state index contributed by atoms with van der Waals surface area (Å²) < 4.78 is 68.1. The van der Waals surface area contributed by atoms with Crippen molar-refractivity contribution in [3.05, 3.63) is 58.2 Å². The minimum atomic E-state index is -3.06. The fourth-order valence-electron chi connectivity index (χ4n) is 3.70. The summed E-state index contributed by atoms with van der Waals surface area (Å²) in [6, 6.07) is 4.75. The van der Waals surface area contributed by atoms with E-state index in [1.165, 1.54) is 19.1 Å². The first kappa shape index (κ1) is 22.9. The van der Waals surface area contributed by atoms with Crippen molar-refractivity contribution in [2.75, 3.05) is 0 Å². The van der Waals surface area contributed by atoms with Crippen molar-refractivity contribution in [3.63, 3.8) is 0 Å². The van der Waals surface area contributed by atoms with Gasteiger partial charge in [-0.25, -0.2) is 17.6 Å². The number of hydrogen-bond donors (Lipinski definition) is 1. The summed E-state index contributed by atoms with van der Waals surface area (Å²) in [7, 11) is 0. The van der Waals surface area contributed by atoms with Gasteiger partial charge in [0.15, 0.2) is 17.4 Å². The van der Waals surface area contributed by atoms with Gasteiger partial charge in [-0.15, -0.1) is 0 Å². The number of carboxylic acids is 1. The third-order valence-electron chi connectivity index (χ3n) is 5.19. The Morgan fingerprint density at radius 1 is 1.26 bits per heavy atom.